The van der Waals surface area contributed by atoms with Crippen molar-refractivity contribution in [2.45, 2.75) is 69.4 Å². The van der Waals surface area contributed by atoms with E-state index in [1.807, 2.05) is 13.8 Å². The van der Waals surface area contributed by atoms with Crippen LogP contribution in [0, 0.1) is 0 Å². The first-order valence-electron chi connectivity index (χ1n) is 10.8. The Labute approximate surface area is 172 Å². The fourth-order valence-corrected chi connectivity index (χ4v) is 6.42. The average Bonchev–Trinajstić information content (AvgIpc) is 3.04. The highest BCUT2D eigenvalue weighted by Gasteiger charge is 2.35. The van der Waals surface area contributed by atoms with E-state index in [0.29, 0.717) is 17.6 Å². The number of nitrogens with zero attached hydrogens (tertiary/aromatic N) is 3. The van der Waals surface area contributed by atoms with Crippen molar-refractivity contribution >= 4 is 21.1 Å². The molecule has 1 aromatic carbocycles. The molecular weight excluding hydrogens is 390 g/mol. The fraction of sp³-hybridized carbons (Fsp3) is 0.667. The maximum atomic E-state index is 13.5. The Morgan fingerprint density at radius 1 is 1.07 bits per heavy atom. The van der Waals surface area contributed by atoms with Gasteiger partial charge in [-0.05, 0) is 64.8 Å². The van der Waals surface area contributed by atoms with Gasteiger partial charge in [0.15, 0.2) is 5.58 Å². The molecule has 2 fully saturated rings. The van der Waals surface area contributed by atoms with Gasteiger partial charge in [0.05, 0.1) is 10.4 Å². The van der Waals surface area contributed by atoms with Crippen LogP contribution in [0.15, 0.2) is 32.3 Å². The maximum Gasteiger partial charge on any atom is 0.420 e. The van der Waals surface area contributed by atoms with Crippen LogP contribution in [-0.2, 0) is 10.0 Å². The van der Waals surface area contributed by atoms with Crippen molar-refractivity contribution in [2.24, 2.45) is 0 Å². The standard InChI is InChI=1S/C21H31N3O4S/c1-16(2)24-19-10-9-18(14-20(19)28-21(24)25)29(26,27)23-13-7-4-8-17(23)15-22-11-5-3-6-12-22/h9-10,14,16-17H,3-8,11-13,15H2,1-2H3/t17-/m0/s1. The zero-order valence-electron chi connectivity index (χ0n) is 17.3. The van der Waals surface area contributed by atoms with Crippen LogP contribution in [-0.4, -0.2) is 54.4 Å². The topological polar surface area (TPSA) is 75.8 Å². The molecular formula is C21H31N3O4S. The second-order valence-corrected chi connectivity index (χ2v) is 10.5. The number of fused-ring (bicyclic) bond motifs is 1. The number of hydrogen-bond acceptors (Lipinski definition) is 5. The summed E-state index contributed by atoms with van der Waals surface area (Å²) in [5.74, 6) is -0.453. The molecule has 0 spiro atoms. The van der Waals surface area contributed by atoms with Crippen LogP contribution in [0.5, 0.6) is 0 Å². The minimum atomic E-state index is -3.64. The quantitative estimate of drug-likeness (QED) is 0.741. The molecule has 160 valence electrons. The van der Waals surface area contributed by atoms with Gasteiger partial charge in [0.2, 0.25) is 10.0 Å². The van der Waals surface area contributed by atoms with Crippen LogP contribution in [0.25, 0.3) is 11.1 Å². The molecule has 2 aliphatic heterocycles. The van der Waals surface area contributed by atoms with Crippen molar-refractivity contribution in [1.29, 1.82) is 0 Å². The molecule has 7 nitrogen and oxygen atoms in total. The number of oxazole rings is 1. The highest BCUT2D eigenvalue weighted by Crippen LogP contribution is 2.29. The average molecular weight is 422 g/mol. The van der Waals surface area contributed by atoms with Gasteiger partial charge < -0.3 is 9.32 Å². The lowest BCUT2D eigenvalue weighted by atomic mass is 10.0. The van der Waals surface area contributed by atoms with E-state index in [0.717, 1.165) is 38.9 Å². The van der Waals surface area contributed by atoms with Crippen molar-refractivity contribution < 1.29 is 12.8 Å². The van der Waals surface area contributed by atoms with Gasteiger partial charge in [-0.25, -0.2) is 13.2 Å². The van der Waals surface area contributed by atoms with E-state index in [9.17, 15) is 13.2 Å². The molecule has 2 aromatic rings. The van der Waals surface area contributed by atoms with Gasteiger partial charge in [-0.15, -0.1) is 0 Å². The number of likely N-dealkylation sites (tertiary alicyclic amines) is 1. The molecule has 4 rings (SSSR count). The van der Waals surface area contributed by atoms with Gasteiger partial charge in [0.1, 0.15) is 0 Å². The van der Waals surface area contributed by atoms with Crippen LogP contribution in [0.4, 0.5) is 0 Å². The molecule has 0 bridgehead atoms. The van der Waals surface area contributed by atoms with Gasteiger partial charge in [-0.1, -0.05) is 12.8 Å². The third-order valence-corrected chi connectivity index (χ3v) is 8.15. The smallest absolute Gasteiger partial charge is 0.408 e. The highest BCUT2D eigenvalue weighted by molar-refractivity contribution is 7.89. The van der Waals surface area contributed by atoms with E-state index in [4.69, 9.17) is 4.42 Å². The Bertz CT molecular complexity index is 1020. The fourth-order valence-electron chi connectivity index (χ4n) is 4.71. The van der Waals surface area contributed by atoms with Gasteiger partial charge in [0, 0.05) is 31.2 Å². The molecule has 0 N–H and O–H groups in total. The van der Waals surface area contributed by atoms with E-state index in [-0.39, 0.29) is 17.0 Å². The third-order valence-electron chi connectivity index (χ3n) is 6.20. The lowest BCUT2D eigenvalue weighted by molar-refractivity contribution is 0.150. The second kappa shape index (κ2) is 8.24. The van der Waals surface area contributed by atoms with Gasteiger partial charge >= 0.3 is 5.76 Å². The lowest BCUT2D eigenvalue weighted by Gasteiger charge is -2.38. The molecule has 0 saturated carbocycles. The lowest BCUT2D eigenvalue weighted by Crippen LogP contribution is -2.50. The number of sulfonamides is 1. The van der Waals surface area contributed by atoms with Gasteiger partial charge in [-0.2, -0.15) is 4.31 Å². The first-order valence-corrected chi connectivity index (χ1v) is 12.2. The minimum Gasteiger partial charge on any atom is -0.408 e. The number of hydrogen-bond donors (Lipinski definition) is 0. The van der Waals surface area contributed by atoms with Crippen molar-refractivity contribution in [3.05, 3.63) is 28.7 Å². The Kier molecular flexibility index (Phi) is 5.86. The minimum absolute atomic E-state index is 0.00909. The van der Waals surface area contributed by atoms with Crippen LogP contribution in [0.2, 0.25) is 0 Å². The predicted octanol–water partition coefficient (Wildman–Crippen LogP) is 3.20. The molecule has 3 heterocycles. The Hall–Kier alpha value is -1.64. The zero-order chi connectivity index (χ0) is 20.6. The molecule has 0 amide bonds. The van der Waals surface area contributed by atoms with Crippen molar-refractivity contribution in [3.8, 4) is 0 Å². The largest absolute Gasteiger partial charge is 0.420 e. The Balaban J connectivity index is 1.64. The van der Waals surface area contributed by atoms with Gasteiger partial charge in [-0.3, -0.25) is 4.57 Å². The summed E-state index contributed by atoms with van der Waals surface area (Å²) in [6.07, 6.45) is 6.51. The van der Waals surface area contributed by atoms with Crippen molar-refractivity contribution in [3.63, 3.8) is 0 Å². The van der Waals surface area contributed by atoms with E-state index >= 15 is 0 Å². The highest BCUT2D eigenvalue weighted by atomic mass is 32.2. The molecule has 0 unspecified atom stereocenters. The monoisotopic (exact) mass is 421 g/mol. The van der Waals surface area contributed by atoms with Crippen LogP contribution in [0.1, 0.15) is 58.4 Å². The zero-order valence-corrected chi connectivity index (χ0v) is 18.2. The van der Waals surface area contributed by atoms with Gasteiger partial charge in [0.25, 0.3) is 0 Å². The van der Waals surface area contributed by atoms with Crippen molar-refractivity contribution in [1.82, 2.24) is 13.8 Å². The summed E-state index contributed by atoms with van der Waals surface area (Å²) in [7, 11) is -3.64. The summed E-state index contributed by atoms with van der Waals surface area (Å²) in [5, 5.41) is 0. The molecule has 29 heavy (non-hydrogen) atoms. The summed E-state index contributed by atoms with van der Waals surface area (Å²) in [4.78, 5) is 14.8. The third kappa shape index (κ3) is 4.02. The normalized spacial score (nSPS) is 22.5. The van der Waals surface area contributed by atoms with E-state index in [2.05, 4.69) is 4.90 Å². The molecule has 2 aliphatic rings. The number of piperidine rings is 2. The summed E-state index contributed by atoms with van der Waals surface area (Å²) in [6.45, 7) is 7.28. The number of benzene rings is 1. The molecule has 2 saturated heterocycles. The molecule has 0 aliphatic carbocycles. The predicted molar refractivity (Wildman–Crippen MR) is 113 cm³/mol. The molecule has 0 radical (unpaired) electrons. The summed E-state index contributed by atoms with van der Waals surface area (Å²) in [6, 6.07) is 4.77. The molecule has 1 atom stereocenters. The van der Waals surface area contributed by atoms with E-state index < -0.39 is 15.8 Å². The summed E-state index contributed by atoms with van der Waals surface area (Å²) >= 11 is 0. The molecule has 1 aromatic heterocycles. The van der Waals surface area contributed by atoms with E-state index in [1.165, 1.54) is 25.3 Å². The van der Waals surface area contributed by atoms with Crippen LogP contribution < -0.4 is 5.76 Å². The Morgan fingerprint density at radius 3 is 2.52 bits per heavy atom. The first-order chi connectivity index (χ1) is 13.9. The first kappa shape index (κ1) is 20.6. The van der Waals surface area contributed by atoms with Crippen molar-refractivity contribution in [2.75, 3.05) is 26.2 Å². The summed E-state index contributed by atoms with van der Waals surface area (Å²) < 4.78 is 35.6. The number of rotatable bonds is 5. The summed E-state index contributed by atoms with van der Waals surface area (Å²) in [5.41, 5.74) is 0.960. The van der Waals surface area contributed by atoms with Crippen LogP contribution >= 0.6 is 0 Å². The maximum absolute atomic E-state index is 13.5. The molecule has 8 heteroatoms. The van der Waals surface area contributed by atoms with E-state index in [1.54, 1.807) is 21.0 Å². The SMILES string of the molecule is CC(C)n1c(=O)oc2cc(S(=O)(=O)N3CCCC[C@H]3CN3CCCCC3)ccc21. The second-order valence-electron chi connectivity index (χ2n) is 8.59. The van der Waals surface area contributed by atoms with Crippen LogP contribution in [0.3, 0.4) is 0 Å². The Morgan fingerprint density at radius 2 is 1.79 bits per heavy atom. The number of aromatic nitrogens is 1.